The predicted octanol–water partition coefficient (Wildman–Crippen LogP) is 8.40. The molecule has 46 heavy (non-hydrogen) atoms. The molecule has 0 aromatic rings. The number of amides is 1. The van der Waals surface area contributed by atoms with Crippen molar-refractivity contribution in [2.75, 3.05) is 13.1 Å². The van der Waals surface area contributed by atoms with Gasteiger partial charge in [-0.05, 0) is 137 Å². The highest BCUT2D eigenvalue weighted by Gasteiger charge is 2.76. The fourth-order valence-electron chi connectivity index (χ4n) is 16.0. The molecule has 1 N–H and O–H groups in total. The molecule has 0 aromatic carbocycles. The molecule has 8 saturated carbocycles. The van der Waals surface area contributed by atoms with E-state index in [2.05, 4.69) is 37.0 Å². The maximum Gasteiger partial charge on any atom is 0.410 e. The normalized spacial score (nSPS) is 54.9. The minimum atomic E-state index is -0.459. The third-order valence-electron chi connectivity index (χ3n) is 17.6. The summed E-state index contributed by atoms with van der Waals surface area (Å²) in [6, 6.07) is 0. The average molecular weight is 628 g/mol. The molecule has 9 fully saturated rings. The molecule has 5 heteroatoms. The van der Waals surface area contributed by atoms with E-state index in [1.807, 2.05) is 0 Å². The fourth-order valence-corrected chi connectivity index (χ4v) is 16.0. The molecule has 5 nitrogen and oxygen atoms in total. The van der Waals surface area contributed by atoms with E-state index < -0.39 is 5.60 Å². The molecule has 0 unspecified atom stereocenters. The minimum Gasteiger partial charge on any atom is -0.440 e. The Morgan fingerprint density at radius 1 is 0.848 bits per heavy atom. The van der Waals surface area contributed by atoms with Crippen molar-refractivity contribution >= 4 is 11.9 Å². The van der Waals surface area contributed by atoms with Crippen molar-refractivity contribution in [2.24, 2.45) is 62.6 Å². The number of fused-ring (bicyclic) bond motifs is 2. The van der Waals surface area contributed by atoms with Crippen molar-refractivity contribution in [3.63, 3.8) is 0 Å². The van der Waals surface area contributed by atoms with E-state index in [1.54, 1.807) is 0 Å². The molecule has 11 aliphatic carbocycles. The molecule has 12 rings (SSSR count). The molecule has 8 atom stereocenters. The highest BCUT2D eigenvalue weighted by atomic mass is 16.6. The Hall–Kier alpha value is -1.62. The summed E-state index contributed by atoms with van der Waals surface area (Å²) in [5.74, 6) is 3.91. The Labute approximate surface area is 276 Å². The minimum absolute atomic E-state index is 0.0469. The summed E-state index contributed by atoms with van der Waals surface area (Å²) in [7, 11) is 0. The molecular weight excluding hydrogens is 570 g/mol. The number of hydrogen-bond acceptors (Lipinski definition) is 4. The monoisotopic (exact) mass is 627 g/mol. The molecule has 0 aromatic heterocycles. The fraction of sp³-hybridized carbons (Fsp3) is 0.854. The number of allylic oxidation sites excluding steroid dienone is 4. The van der Waals surface area contributed by atoms with Gasteiger partial charge in [-0.3, -0.25) is 4.79 Å². The molecule has 12 aliphatic rings. The van der Waals surface area contributed by atoms with Gasteiger partial charge in [-0.1, -0.05) is 51.3 Å². The number of aliphatic hydroxyl groups is 1. The van der Waals surface area contributed by atoms with Gasteiger partial charge in [0.1, 0.15) is 5.60 Å². The summed E-state index contributed by atoms with van der Waals surface area (Å²) < 4.78 is 6.77. The quantitative estimate of drug-likeness (QED) is 0.318. The first kappa shape index (κ1) is 29.3. The van der Waals surface area contributed by atoms with Gasteiger partial charge in [0.05, 0.1) is 12.6 Å². The van der Waals surface area contributed by atoms with Crippen LogP contribution in [-0.2, 0) is 9.53 Å². The van der Waals surface area contributed by atoms with Crippen LogP contribution in [-0.4, -0.2) is 46.7 Å². The van der Waals surface area contributed by atoms with Crippen molar-refractivity contribution < 1.29 is 19.4 Å². The molecular formula is C41H57NO4. The van der Waals surface area contributed by atoms with Crippen LogP contribution in [0.4, 0.5) is 4.79 Å². The summed E-state index contributed by atoms with van der Waals surface area (Å²) in [5.41, 5.74) is 0.341. The van der Waals surface area contributed by atoms with Gasteiger partial charge in [0.25, 0.3) is 0 Å². The molecule has 0 radical (unpaired) electrons. The van der Waals surface area contributed by atoms with E-state index in [0.29, 0.717) is 23.0 Å². The number of aliphatic hydroxyl groups excluding tert-OH is 1. The zero-order chi connectivity index (χ0) is 31.3. The van der Waals surface area contributed by atoms with Crippen molar-refractivity contribution in [2.45, 2.75) is 141 Å². The van der Waals surface area contributed by atoms with Crippen LogP contribution in [0, 0.1) is 62.6 Å². The highest BCUT2D eigenvalue weighted by molar-refractivity contribution is 6.00. The maximum absolute atomic E-state index is 14.9. The van der Waals surface area contributed by atoms with Gasteiger partial charge in [0.15, 0.2) is 5.78 Å². The van der Waals surface area contributed by atoms with E-state index in [1.165, 1.54) is 44.9 Å². The third-order valence-corrected chi connectivity index (χ3v) is 17.6. The molecule has 6 bridgehead atoms. The summed E-state index contributed by atoms with van der Waals surface area (Å²) in [5, 5.41) is 11.0. The zero-order valence-corrected chi connectivity index (χ0v) is 28.5. The van der Waals surface area contributed by atoms with Crippen molar-refractivity contribution in [3.8, 4) is 0 Å². The first-order chi connectivity index (χ1) is 22.0. The lowest BCUT2D eigenvalue weighted by Crippen LogP contribution is -2.67. The van der Waals surface area contributed by atoms with Gasteiger partial charge in [-0.25, -0.2) is 4.79 Å². The zero-order valence-electron chi connectivity index (χ0n) is 28.5. The number of carbonyl (C=O) groups excluding carboxylic acids is 2. The van der Waals surface area contributed by atoms with E-state index in [4.69, 9.17) is 4.74 Å². The molecule has 1 aliphatic heterocycles. The number of hydrogen-bond donors (Lipinski definition) is 1. The van der Waals surface area contributed by atoms with Gasteiger partial charge in [-0.2, -0.15) is 0 Å². The highest BCUT2D eigenvalue weighted by Crippen LogP contribution is 2.79. The lowest BCUT2D eigenvalue weighted by Gasteiger charge is -2.71. The summed E-state index contributed by atoms with van der Waals surface area (Å²) in [4.78, 5) is 31.0. The molecule has 1 heterocycles. The first-order valence-corrected chi connectivity index (χ1v) is 19.7. The van der Waals surface area contributed by atoms with Crippen molar-refractivity contribution in [3.05, 3.63) is 23.8 Å². The Morgan fingerprint density at radius 2 is 1.50 bits per heavy atom. The lowest BCUT2D eigenvalue weighted by atomic mass is 9.32. The van der Waals surface area contributed by atoms with E-state index >= 15 is 0 Å². The van der Waals surface area contributed by atoms with Crippen molar-refractivity contribution in [1.82, 2.24) is 4.90 Å². The summed E-state index contributed by atoms with van der Waals surface area (Å²) in [6.45, 7) is 6.63. The second kappa shape index (κ2) is 9.33. The Kier molecular flexibility index (Phi) is 5.95. The van der Waals surface area contributed by atoms with Gasteiger partial charge in [0.2, 0.25) is 0 Å². The number of rotatable bonds is 4. The number of ketones is 1. The number of carbonyl (C=O) groups is 2. The number of ether oxygens (including phenoxy) is 1. The summed E-state index contributed by atoms with van der Waals surface area (Å²) >= 11 is 0. The van der Waals surface area contributed by atoms with Crippen LogP contribution in [0.25, 0.3) is 0 Å². The van der Waals surface area contributed by atoms with Crippen LogP contribution >= 0.6 is 0 Å². The van der Waals surface area contributed by atoms with Crippen LogP contribution in [0.15, 0.2) is 23.8 Å². The van der Waals surface area contributed by atoms with E-state index in [0.717, 1.165) is 107 Å². The lowest BCUT2D eigenvalue weighted by molar-refractivity contribution is -0.169. The van der Waals surface area contributed by atoms with E-state index in [-0.39, 0.29) is 39.8 Å². The van der Waals surface area contributed by atoms with Crippen LogP contribution < -0.4 is 0 Å². The maximum atomic E-state index is 14.9. The standard InChI is InChI=1S/C41H57NO4/c1-36-11-8-30(43)22-39(36)14-15-41(31(23-39)34(44)29-6-4-3-5-7-29)32(36)9-12-37(2)33(41)10-13-40(37)25-42(35(45)46-40)24-38-19-26-16-27(20-38)18-28(17-26)21-38/h14-15,23,26-30,32-33,43H,3-13,16-22,24-25H2,1-2H3/t26?,27?,28?,30-,32+,33+,36+,37-,38?,39-,40+,41+/m0/s1. The van der Waals surface area contributed by atoms with Crippen molar-refractivity contribution in [1.29, 1.82) is 0 Å². The van der Waals surface area contributed by atoms with Crippen LogP contribution in [0.1, 0.15) is 129 Å². The molecule has 1 saturated heterocycles. The number of Topliss-reactive ketones (excluding diaryl/α,β-unsaturated/α-hetero) is 1. The second-order valence-electron chi connectivity index (χ2n) is 19.6. The average Bonchev–Trinajstić information content (AvgIpc) is 3.50. The topological polar surface area (TPSA) is 66.8 Å². The Bertz CT molecular complexity index is 1390. The molecule has 1 amide bonds. The Morgan fingerprint density at radius 3 is 2.22 bits per heavy atom. The first-order valence-electron chi connectivity index (χ1n) is 19.7. The Balaban J connectivity index is 1.02. The number of nitrogens with zero attached hydrogens (tertiary/aromatic N) is 1. The van der Waals surface area contributed by atoms with Gasteiger partial charge >= 0.3 is 6.09 Å². The smallest absolute Gasteiger partial charge is 0.410 e. The van der Waals surface area contributed by atoms with Gasteiger partial charge in [-0.15, -0.1) is 0 Å². The largest absolute Gasteiger partial charge is 0.440 e. The van der Waals surface area contributed by atoms with Crippen LogP contribution in [0.2, 0.25) is 0 Å². The molecule has 250 valence electrons. The molecule has 3 spiro atoms. The summed E-state index contributed by atoms with van der Waals surface area (Å²) in [6.07, 6.45) is 27.7. The SMILES string of the molecule is C[C@]12CC[C@H]3[C@]4(C=C[C@@]5(C=C4C(=O)C4CCCCC4)C[C@@H](O)CC[C@]35C)[C@@H]1CC[C@@]21CN(CC23CC4CC(CC(C4)C2)C3)C(=O)O1. The predicted molar refractivity (Wildman–Crippen MR) is 177 cm³/mol. The second-order valence-corrected chi connectivity index (χ2v) is 19.6. The van der Waals surface area contributed by atoms with Gasteiger partial charge in [0, 0.05) is 34.3 Å². The third kappa shape index (κ3) is 3.53. The van der Waals surface area contributed by atoms with Crippen LogP contribution in [0.3, 0.4) is 0 Å². The van der Waals surface area contributed by atoms with E-state index in [9.17, 15) is 14.7 Å². The van der Waals surface area contributed by atoms with Crippen LogP contribution in [0.5, 0.6) is 0 Å². The van der Waals surface area contributed by atoms with Gasteiger partial charge < -0.3 is 14.7 Å².